The van der Waals surface area contributed by atoms with Crippen LogP contribution in [0.5, 0.6) is 5.75 Å². The van der Waals surface area contributed by atoms with Gasteiger partial charge in [0.1, 0.15) is 18.0 Å². The average Bonchev–Trinajstić information content (AvgIpc) is 3.41. The van der Waals surface area contributed by atoms with Gasteiger partial charge in [-0.25, -0.2) is 0 Å². The summed E-state index contributed by atoms with van der Waals surface area (Å²) in [7, 11) is 1.67. The molecule has 0 spiro atoms. The van der Waals surface area contributed by atoms with Crippen molar-refractivity contribution in [3.63, 3.8) is 0 Å². The zero-order valence-corrected chi connectivity index (χ0v) is 18.4. The Kier molecular flexibility index (Phi) is 8.51. The first-order chi connectivity index (χ1) is 15.0. The minimum absolute atomic E-state index is 0.0935. The van der Waals surface area contributed by atoms with Gasteiger partial charge in [-0.15, -0.1) is 0 Å². The van der Waals surface area contributed by atoms with Crippen LogP contribution in [0.25, 0.3) is 11.1 Å². The number of carbonyl (C=O) groups excluding carboxylic acids is 1. The fourth-order valence-corrected chi connectivity index (χ4v) is 3.63. The van der Waals surface area contributed by atoms with E-state index in [1.54, 1.807) is 19.6 Å². The molecule has 0 aliphatic carbocycles. The van der Waals surface area contributed by atoms with Crippen LogP contribution in [0.3, 0.4) is 0 Å². The molecule has 2 aromatic rings. The Labute approximate surface area is 183 Å². The molecular formula is C24H32O7. The number of methoxy groups -OCH3 is 1. The molecule has 1 aromatic heterocycles. The van der Waals surface area contributed by atoms with Gasteiger partial charge >= 0.3 is 5.97 Å². The third-order valence-electron chi connectivity index (χ3n) is 5.48. The van der Waals surface area contributed by atoms with Gasteiger partial charge in [-0.05, 0) is 23.6 Å². The molecule has 1 aliphatic heterocycles. The minimum atomic E-state index is -0.845. The van der Waals surface area contributed by atoms with Gasteiger partial charge < -0.3 is 28.5 Å². The highest BCUT2D eigenvalue weighted by Crippen LogP contribution is 2.32. The number of aliphatic hydroxyl groups excluding tert-OH is 1. The molecule has 3 atom stereocenters. The highest BCUT2D eigenvalue weighted by atomic mass is 16.6. The topological polar surface area (TPSA) is 87.4 Å². The van der Waals surface area contributed by atoms with E-state index < -0.39 is 12.2 Å². The maximum atomic E-state index is 11.9. The first-order valence-corrected chi connectivity index (χ1v) is 10.7. The van der Waals surface area contributed by atoms with E-state index in [-0.39, 0.29) is 24.4 Å². The van der Waals surface area contributed by atoms with Crippen LogP contribution in [0.15, 0.2) is 41.2 Å². The van der Waals surface area contributed by atoms with Crippen LogP contribution < -0.4 is 4.74 Å². The molecule has 7 nitrogen and oxygen atoms in total. The highest BCUT2D eigenvalue weighted by Gasteiger charge is 2.39. The van der Waals surface area contributed by atoms with E-state index in [0.29, 0.717) is 26.2 Å². The normalized spacial score (nSPS) is 19.6. The van der Waals surface area contributed by atoms with Crippen molar-refractivity contribution in [2.24, 2.45) is 11.8 Å². The van der Waals surface area contributed by atoms with Crippen LogP contribution in [-0.2, 0) is 25.6 Å². The van der Waals surface area contributed by atoms with E-state index in [0.717, 1.165) is 28.9 Å². The summed E-state index contributed by atoms with van der Waals surface area (Å²) in [5, 5.41) is 10.4. The predicted molar refractivity (Wildman–Crippen MR) is 115 cm³/mol. The lowest BCUT2D eigenvalue weighted by atomic mass is 9.91. The molecule has 7 heteroatoms. The molecule has 0 radical (unpaired) electrons. The van der Waals surface area contributed by atoms with Crippen LogP contribution in [0.2, 0.25) is 0 Å². The maximum Gasteiger partial charge on any atom is 0.309 e. The number of ether oxygens (including phenoxy) is 4. The summed E-state index contributed by atoms with van der Waals surface area (Å²) in [6.07, 6.45) is 3.26. The molecule has 1 fully saturated rings. The summed E-state index contributed by atoms with van der Waals surface area (Å²) >= 11 is 0. The molecule has 170 valence electrons. The smallest absolute Gasteiger partial charge is 0.309 e. The van der Waals surface area contributed by atoms with E-state index in [4.69, 9.17) is 23.4 Å². The van der Waals surface area contributed by atoms with E-state index in [1.807, 2.05) is 38.1 Å². The van der Waals surface area contributed by atoms with E-state index >= 15 is 0 Å². The largest absolute Gasteiger partial charge is 0.493 e. The van der Waals surface area contributed by atoms with Crippen molar-refractivity contribution in [1.29, 1.82) is 0 Å². The molecule has 1 N–H and O–H groups in total. The molecule has 31 heavy (non-hydrogen) atoms. The first kappa shape index (κ1) is 23.3. The second-order valence-electron chi connectivity index (χ2n) is 8.18. The molecule has 0 saturated carbocycles. The average molecular weight is 433 g/mol. The minimum Gasteiger partial charge on any atom is -0.493 e. The van der Waals surface area contributed by atoms with Crippen molar-refractivity contribution in [1.82, 2.24) is 0 Å². The Balaban J connectivity index is 1.56. The number of carbonyl (C=O) groups is 1. The van der Waals surface area contributed by atoms with Gasteiger partial charge in [0.15, 0.2) is 0 Å². The molecule has 1 saturated heterocycles. The monoisotopic (exact) mass is 432 g/mol. The van der Waals surface area contributed by atoms with Crippen molar-refractivity contribution < 1.29 is 33.3 Å². The van der Waals surface area contributed by atoms with Crippen molar-refractivity contribution in [3.8, 4) is 16.9 Å². The molecule has 1 aliphatic rings. The van der Waals surface area contributed by atoms with Crippen molar-refractivity contribution in [2.75, 3.05) is 26.9 Å². The van der Waals surface area contributed by atoms with Gasteiger partial charge in [0.05, 0.1) is 38.3 Å². The van der Waals surface area contributed by atoms with Crippen molar-refractivity contribution in [2.45, 2.75) is 45.5 Å². The highest BCUT2D eigenvalue weighted by molar-refractivity contribution is 5.75. The molecule has 0 amide bonds. The molecule has 3 unspecified atom stereocenters. The van der Waals surface area contributed by atoms with Crippen LogP contribution in [0, 0.1) is 11.8 Å². The summed E-state index contributed by atoms with van der Waals surface area (Å²) in [5.41, 5.74) is 2.80. The number of hydrogen-bond acceptors (Lipinski definition) is 7. The summed E-state index contributed by atoms with van der Waals surface area (Å²) in [6.45, 7) is 5.54. The van der Waals surface area contributed by atoms with Crippen molar-refractivity contribution in [3.05, 3.63) is 42.4 Å². The summed E-state index contributed by atoms with van der Waals surface area (Å²) in [6, 6.07) is 7.75. The van der Waals surface area contributed by atoms with Gasteiger partial charge in [-0.3, -0.25) is 4.79 Å². The van der Waals surface area contributed by atoms with Gasteiger partial charge in [0.2, 0.25) is 0 Å². The fraction of sp³-hybridized carbons (Fsp3) is 0.542. The number of benzene rings is 1. The van der Waals surface area contributed by atoms with Crippen LogP contribution in [0.1, 0.15) is 32.3 Å². The Bertz CT molecular complexity index is 815. The molecule has 1 aromatic carbocycles. The second-order valence-corrected chi connectivity index (χ2v) is 8.18. The Morgan fingerprint density at radius 3 is 2.74 bits per heavy atom. The lowest BCUT2D eigenvalue weighted by Crippen LogP contribution is -2.30. The second kappa shape index (κ2) is 11.3. The SMILES string of the molecule is COCCCOc1cc(COCC(O)C2CC(C(C)C)C(=O)O2)ccc1-c1ccoc1. The molecule has 0 bridgehead atoms. The third-order valence-corrected chi connectivity index (χ3v) is 5.48. The van der Waals surface area contributed by atoms with Crippen LogP contribution in [0.4, 0.5) is 0 Å². The standard InChI is InChI=1S/C24H32O7/c1-16(2)20-12-23(31-24(20)26)21(25)15-29-13-17-5-6-19(18-7-10-28-14-18)22(11-17)30-9-4-8-27-3/h5-7,10-11,14,16,20-21,23,25H,4,8-9,12-13,15H2,1-3H3. The fourth-order valence-electron chi connectivity index (χ4n) is 3.63. The molecular weight excluding hydrogens is 400 g/mol. The maximum absolute atomic E-state index is 11.9. The summed E-state index contributed by atoms with van der Waals surface area (Å²) in [5.74, 6) is 0.544. The number of esters is 1. The summed E-state index contributed by atoms with van der Waals surface area (Å²) in [4.78, 5) is 11.9. The Hall–Kier alpha value is -2.35. The van der Waals surface area contributed by atoms with Gasteiger partial charge in [0, 0.05) is 37.7 Å². The first-order valence-electron chi connectivity index (χ1n) is 10.7. The number of furan rings is 1. The number of aliphatic hydroxyl groups is 1. The van der Waals surface area contributed by atoms with E-state index in [1.165, 1.54) is 0 Å². The van der Waals surface area contributed by atoms with E-state index in [9.17, 15) is 9.90 Å². The zero-order valence-electron chi connectivity index (χ0n) is 18.4. The molecule has 2 heterocycles. The lowest BCUT2D eigenvalue weighted by molar-refractivity contribution is -0.150. The number of cyclic esters (lactones) is 1. The third kappa shape index (κ3) is 6.32. The number of hydrogen-bond donors (Lipinski definition) is 1. The van der Waals surface area contributed by atoms with E-state index in [2.05, 4.69) is 0 Å². The van der Waals surface area contributed by atoms with Gasteiger partial charge in [-0.2, -0.15) is 0 Å². The van der Waals surface area contributed by atoms with Crippen molar-refractivity contribution >= 4 is 5.97 Å². The zero-order chi connectivity index (χ0) is 22.2. The summed E-state index contributed by atoms with van der Waals surface area (Å²) < 4.78 is 27.3. The lowest BCUT2D eigenvalue weighted by Gasteiger charge is -2.18. The molecule has 3 rings (SSSR count). The van der Waals surface area contributed by atoms with Crippen LogP contribution in [-0.4, -0.2) is 50.2 Å². The van der Waals surface area contributed by atoms with Gasteiger partial charge in [-0.1, -0.05) is 26.0 Å². The predicted octanol–water partition coefficient (Wildman–Crippen LogP) is 3.83. The Morgan fingerprint density at radius 2 is 2.06 bits per heavy atom. The Morgan fingerprint density at radius 1 is 1.23 bits per heavy atom. The van der Waals surface area contributed by atoms with Crippen LogP contribution >= 0.6 is 0 Å². The van der Waals surface area contributed by atoms with Gasteiger partial charge in [0.25, 0.3) is 0 Å². The number of rotatable bonds is 12. The quantitative estimate of drug-likeness (QED) is 0.403.